The highest BCUT2D eigenvalue weighted by Gasteiger charge is 2.27. The maximum Gasteiger partial charge on any atom is 0.244 e. The van der Waals surface area contributed by atoms with Gasteiger partial charge in [-0.15, -0.1) is 0 Å². The van der Waals surface area contributed by atoms with Gasteiger partial charge in [0, 0.05) is 40.5 Å². The average Bonchev–Trinajstić information content (AvgIpc) is 2.86. The average molecular weight is 300 g/mol. The van der Waals surface area contributed by atoms with Crippen LogP contribution in [-0.2, 0) is 14.8 Å². The third-order valence-corrected chi connectivity index (χ3v) is 5.11. The van der Waals surface area contributed by atoms with Crippen molar-refractivity contribution in [3.63, 3.8) is 0 Å². The Morgan fingerprint density at radius 1 is 1.40 bits per heavy atom. The van der Waals surface area contributed by atoms with E-state index in [-0.39, 0.29) is 17.0 Å². The number of hydrogen-bond donors (Lipinski definition) is 2. The Morgan fingerprint density at radius 2 is 2.15 bits per heavy atom. The van der Waals surface area contributed by atoms with Crippen molar-refractivity contribution >= 4 is 15.8 Å². The van der Waals surface area contributed by atoms with Crippen molar-refractivity contribution in [2.45, 2.75) is 17.0 Å². The predicted molar refractivity (Wildman–Crippen MR) is 76.2 cm³/mol. The highest BCUT2D eigenvalue weighted by Crippen LogP contribution is 2.16. The fourth-order valence-electron chi connectivity index (χ4n) is 2.07. The largest absolute Gasteiger partial charge is 0.378 e. The Bertz CT molecular complexity index is 544. The van der Waals surface area contributed by atoms with Gasteiger partial charge in [0.25, 0.3) is 0 Å². The molecule has 0 aliphatic carbocycles. The van der Waals surface area contributed by atoms with E-state index < -0.39 is 10.0 Å². The highest BCUT2D eigenvalue weighted by atomic mass is 32.2. The molecule has 2 atom stereocenters. The lowest BCUT2D eigenvalue weighted by Gasteiger charge is -2.19. The van der Waals surface area contributed by atoms with Crippen LogP contribution >= 0.6 is 0 Å². The van der Waals surface area contributed by atoms with Crippen molar-refractivity contribution in [2.24, 2.45) is 0 Å². The van der Waals surface area contributed by atoms with Crippen molar-refractivity contribution < 1.29 is 13.2 Å². The molecule has 1 unspecified atom stereocenters. The van der Waals surface area contributed by atoms with E-state index in [9.17, 15) is 8.42 Å². The summed E-state index contributed by atoms with van der Waals surface area (Å²) in [4.78, 5) is 4.34. The number of hydrogen-bond acceptors (Lipinski definition) is 6. The molecule has 0 spiro atoms. The predicted octanol–water partition coefficient (Wildman–Crippen LogP) is -0.269. The Morgan fingerprint density at radius 3 is 2.70 bits per heavy atom. The Balaban J connectivity index is 2.09. The molecule has 7 nitrogen and oxygen atoms in total. The minimum absolute atomic E-state index is 0.0852. The van der Waals surface area contributed by atoms with Crippen molar-refractivity contribution in [3.8, 4) is 0 Å². The topological polar surface area (TPSA) is 83.6 Å². The minimum atomic E-state index is -3.43. The standard InChI is InChI=1S/C12H20N4O3S/c1-16(2)20(17,18)9-4-5-12(14-6-9)15-10-7-13-8-11(10)19-3/h4-6,10-11,13H,7-8H2,1-3H3,(H,14,15)/t10?,11-/m0/s1. The van der Waals surface area contributed by atoms with Crippen LogP contribution in [0.25, 0.3) is 0 Å². The molecule has 2 rings (SSSR count). The normalized spacial score (nSPS) is 23.2. The number of rotatable bonds is 5. The molecule has 1 saturated heterocycles. The van der Waals surface area contributed by atoms with Gasteiger partial charge in [-0.1, -0.05) is 0 Å². The number of nitrogens with one attached hydrogen (secondary N) is 2. The van der Waals surface area contributed by atoms with Crippen LogP contribution in [0.5, 0.6) is 0 Å². The van der Waals surface area contributed by atoms with E-state index in [1.165, 1.54) is 24.6 Å². The third-order valence-electron chi connectivity index (χ3n) is 3.31. The molecule has 112 valence electrons. The molecule has 8 heteroatoms. The van der Waals surface area contributed by atoms with Gasteiger partial charge in [0.15, 0.2) is 0 Å². The summed E-state index contributed by atoms with van der Waals surface area (Å²) in [6.45, 7) is 1.58. The minimum Gasteiger partial charge on any atom is -0.378 e. The van der Waals surface area contributed by atoms with Gasteiger partial charge < -0.3 is 15.4 Å². The Labute approximate surface area is 119 Å². The van der Waals surface area contributed by atoms with Gasteiger partial charge >= 0.3 is 0 Å². The molecule has 2 N–H and O–H groups in total. The van der Waals surface area contributed by atoms with E-state index in [0.29, 0.717) is 5.82 Å². The molecule has 0 bridgehead atoms. The zero-order valence-corrected chi connectivity index (χ0v) is 12.6. The lowest BCUT2D eigenvalue weighted by Crippen LogP contribution is -2.33. The van der Waals surface area contributed by atoms with Crippen LogP contribution < -0.4 is 10.6 Å². The van der Waals surface area contributed by atoms with Gasteiger partial charge in [-0.25, -0.2) is 17.7 Å². The lowest BCUT2D eigenvalue weighted by molar-refractivity contribution is 0.111. The van der Waals surface area contributed by atoms with E-state index in [0.717, 1.165) is 13.1 Å². The van der Waals surface area contributed by atoms with E-state index in [1.807, 2.05) is 0 Å². The van der Waals surface area contributed by atoms with Crippen LogP contribution in [0.1, 0.15) is 0 Å². The number of sulfonamides is 1. The Kier molecular flexibility index (Phi) is 4.59. The smallest absolute Gasteiger partial charge is 0.244 e. The molecule has 1 aromatic heterocycles. The lowest BCUT2D eigenvalue weighted by atomic mass is 10.2. The SMILES string of the molecule is CO[C@H]1CNCC1Nc1ccc(S(=O)(=O)N(C)C)cn1. The molecule has 0 radical (unpaired) electrons. The molecular weight excluding hydrogens is 280 g/mol. The maximum atomic E-state index is 11.9. The molecule has 0 aromatic carbocycles. The van der Waals surface area contributed by atoms with Crippen LogP contribution in [0.2, 0.25) is 0 Å². The molecule has 0 saturated carbocycles. The molecule has 1 fully saturated rings. The van der Waals surface area contributed by atoms with Crippen LogP contribution in [-0.4, -0.2) is 64.1 Å². The summed E-state index contributed by atoms with van der Waals surface area (Å²) >= 11 is 0. The number of anilines is 1. The van der Waals surface area contributed by atoms with Crippen LogP contribution in [0.3, 0.4) is 0 Å². The number of pyridine rings is 1. The number of ether oxygens (including phenoxy) is 1. The van der Waals surface area contributed by atoms with E-state index >= 15 is 0 Å². The number of aromatic nitrogens is 1. The van der Waals surface area contributed by atoms with Crippen molar-refractivity contribution in [3.05, 3.63) is 18.3 Å². The molecule has 0 amide bonds. The van der Waals surface area contributed by atoms with E-state index in [1.54, 1.807) is 19.2 Å². The summed E-state index contributed by atoms with van der Waals surface area (Å²) in [7, 11) is 1.23. The van der Waals surface area contributed by atoms with Crippen molar-refractivity contribution in [2.75, 3.05) is 39.6 Å². The second kappa shape index (κ2) is 6.04. The van der Waals surface area contributed by atoms with Crippen molar-refractivity contribution in [1.82, 2.24) is 14.6 Å². The van der Waals surface area contributed by atoms with Gasteiger partial charge in [0.2, 0.25) is 10.0 Å². The molecule has 2 heterocycles. The monoisotopic (exact) mass is 300 g/mol. The number of methoxy groups -OCH3 is 1. The summed E-state index contributed by atoms with van der Waals surface area (Å²) < 4.78 is 30.4. The molecular formula is C12H20N4O3S. The second-order valence-corrected chi connectivity index (χ2v) is 7.00. The molecule has 1 aliphatic rings. The summed E-state index contributed by atoms with van der Waals surface area (Å²) in [5.74, 6) is 0.637. The third kappa shape index (κ3) is 3.09. The zero-order valence-electron chi connectivity index (χ0n) is 11.8. The molecule has 20 heavy (non-hydrogen) atoms. The quantitative estimate of drug-likeness (QED) is 0.779. The molecule has 1 aromatic rings. The summed E-state index contributed by atoms with van der Waals surface area (Å²) in [6.07, 6.45) is 1.45. The second-order valence-electron chi connectivity index (χ2n) is 4.85. The highest BCUT2D eigenvalue weighted by molar-refractivity contribution is 7.89. The van der Waals surface area contributed by atoms with Crippen molar-refractivity contribution in [1.29, 1.82) is 0 Å². The zero-order chi connectivity index (χ0) is 14.8. The van der Waals surface area contributed by atoms with Gasteiger partial charge in [0.05, 0.1) is 12.1 Å². The Hall–Kier alpha value is -1.22. The fourth-order valence-corrected chi connectivity index (χ4v) is 2.91. The summed E-state index contributed by atoms with van der Waals surface area (Å²) in [5, 5.41) is 6.47. The van der Waals surface area contributed by atoms with Gasteiger partial charge in [0.1, 0.15) is 10.7 Å². The number of nitrogens with zero attached hydrogens (tertiary/aromatic N) is 2. The van der Waals surface area contributed by atoms with Gasteiger partial charge in [-0.05, 0) is 12.1 Å². The van der Waals surface area contributed by atoms with Gasteiger partial charge in [-0.2, -0.15) is 0 Å². The summed E-state index contributed by atoms with van der Waals surface area (Å²) in [5.41, 5.74) is 0. The first-order valence-electron chi connectivity index (χ1n) is 6.34. The van der Waals surface area contributed by atoms with Crippen LogP contribution in [0.4, 0.5) is 5.82 Å². The van der Waals surface area contributed by atoms with E-state index in [2.05, 4.69) is 15.6 Å². The molecule has 1 aliphatic heterocycles. The maximum absolute atomic E-state index is 11.9. The van der Waals surface area contributed by atoms with Crippen LogP contribution in [0.15, 0.2) is 23.2 Å². The first kappa shape index (κ1) is 15.2. The summed E-state index contributed by atoms with van der Waals surface area (Å²) in [6, 6.07) is 3.35. The van der Waals surface area contributed by atoms with E-state index in [4.69, 9.17) is 4.74 Å². The first-order chi connectivity index (χ1) is 9.45. The van der Waals surface area contributed by atoms with Gasteiger partial charge in [-0.3, -0.25) is 0 Å². The first-order valence-corrected chi connectivity index (χ1v) is 7.78. The van der Waals surface area contributed by atoms with Crippen LogP contribution in [0, 0.1) is 0 Å². The fraction of sp³-hybridized carbons (Fsp3) is 0.583.